The van der Waals surface area contributed by atoms with E-state index in [1.165, 1.54) is 32.2 Å². The van der Waals surface area contributed by atoms with E-state index in [1.807, 2.05) is 13.8 Å². The molecular weight excluding hydrogens is 328 g/mol. The molecule has 0 saturated carbocycles. The molecule has 0 saturated heterocycles. The van der Waals surface area contributed by atoms with Crippen LogP contribution in [0.2, 0.25) is 5.02 Å². The van der Waals surface area contributed by atoms with Gasteiger partial charge in [-0.05, 0) is 39.0 Å². The molecule has 0 aliphatic rings. The van der Waals surface area contributed by atoms with Crippen molar-refractivity contribution < 1.29 is 17.9 Å². The predicted molar refractivity (Wildman–Crippen MR) is 85.7 cm³/mol. The van der Waals surface area contributed by atoms with E-state index in [9.17, 15) is 13.2 Å². The molecule has 6 nitrogen and oxygen atoms in total. The Balaban J connectivity index is 2.96. The summed E-state index contributed by atoms with van der Waals surface area (Å²) in [6, 6.07) is 3.28. The van der Waals surface area contributed by atoms with Crippen LogP contribution in [-0.4, -0.2) is 45.5 Å². The van der Waals surface area contributed by atoms with Crippen LogP contribution in [0.25, 0.3) is 0 Å². The molecule has 1 N–H and O–H groups in total. The Morgan fingerprint density at radius 3 is 2.41 bits per heavy atom. The molecule has 0 radical (unpaired) electrons. The minimum atomic E-state index is -3.84. The second kappa shape index (κ2) is 7.80. The van der Waals surface area contributed by atoms with Crippen molar-refractivity contribution in [3.8, 4) is 5.75 Å². The zero-order valence-corrected chi connectivity index (χ0v) is 14.7. The van der Waals surface area contributed by atoms with Gasteiger partial charge in [0.05, 0.1) is 23.1 Å². The fourth-order valence-electron chi connectivity index (χ4n) is 1.97. The van der Waals surface area contributed by atoms with Gasteiger partial charge in [0.25, 0.3) is 0 Å². The Morgan fingerprint density at radius 1 is 1.36 bits per heavy atom. The number of carbonyl (C=O) groups excluding carboxylic acids is 1. The Labute approximate surface area is 136 Å². The van der Waals surface area contributed by atoms with Gasteiger partial charge in [-0.1, -0.05) is 11.6 Å². The Hall–Kier alpha value is -1.31. The van der Waals surface area contributed by atoms with Gasteiger partial charge in [0.15, 0.2) is 0 Å². The number of nitrogens with zero attached hydrogens (tertiary/aromatic N) is 1. The van der Waals surface area contributed by atoms with E-state index in [-0.39, 0.29) is 15.8 Å². The van der Waals surface area contributed by atoms with Crippen molar-refractivity contribution in [2.75, 3.05) is 20.2 Å². The summed E-state index contributed by atoms with van der Waals surface area (Å²) in [5, 5.41) is 0.188. The van der Waals surface area contributed by atoms with E-state index in [1.54, 1.807) is 4.90 Å². The number of rotatable bonds is 7. The number of likely N-dealkylation sites (N-methyl/N-ethyl adjacent to an activating group) is 1. The Bertz CT molecular complexity index is 630. The quantitative estimate of drug-likeness (QED) is 0.816. The number of methoxy groups -OCH3 is 1. The van der Waals surface area contributed by atoms with Crippen LogP contribution in [0.3, 0.4) is 0 Å². The highest BCUT2D eigenvalue weighted by Gasteiger charge is 2.25. The molecule has 124 valence electrons. The average molecular weight is 349 g/mol. The zero-order chi connectivity index (χ0) is 16.9. The lowest BCUT2D eigenvalue weighted by Gasteiger charge is -2.23. The lowest BCUT2D eigenvalue weighted by molar-refractivity contribution is -0.132. The van der Waals surface area contributed by atoms with Crippen LogP contribution in [0.1, 0.15) is 20.8 Å². The molecular formula is C14H21ClN2O4S. The molecule has 1 rings (SSSR count). The Kier molecular flexibility index (Phi) is 6.65. The standard InChI is InChI=1S/C14H21ClN2O4S/c1-5-17(6-2)14(18)10(3)16-22(19,20)11-7-8-13(21-4)12(15)9-11/h7-10,16H,5-6H2,1-4H3/t10-/m0/s1. The third kappa shape index (κ3) is 4.34. The van der Waals surface area contributed by atoms with Crippen LogP contribution in [0.4, 0.5) is 0 Å². The maximum Gasteiger partial charge on any atom is 0.241 e. The Morgan fingerprint density at radius 2 is 1.95 bits per heavy atom. The second-order valence-electron chi connectivity index (χ2n) is 4.65. The van der Waals surface area contributed by atoms with E-state index in [4.69, 9.17) is 16.3 Å². The van der Waals surface area contributed by atoms with Gasteiger partial charge in [0.1, 0.15) is 5.75 Å². The molecule has 1 atom stereocenters. The zero-order valence-electron chi connectivity index (χ0n) is 13.1. The normalized spacial score (nSPS) is 12.8. The second-order valence-corrected chi connectivity index (χ2v) is 6.77. The van der Waals surface area contributed by atoms with E-state index in [0.29, 0.717) is 18.8 Å². The van der Waals surface area contributed by atoms with Crippen molar-refractivity contribution in [2.24, 2.45) is 0 Å². The largest absolute Gasteiger partial charge is 0.495 e. The van der Waals surface area contributed by atoms with Gasteiger partial charge in [-0.25, -0.2) is 8.42 Å². The van der Waals surface area contributed by atoms with Crippen LogP contribution in [-0.2, 0) is 14.8 Å². The topological polar surface area (TPSA) is 75.7 Å². The highest BCUT2D eigenvalue weighted by Crippen LogP contribution is 2.26. The van der Waals surface area contributed by atoms with Crippen molar-refractivity contribution in [1.29, 1.82) is 0 Å². The predicted octanol–water partition coefficient (Wildman–Crippen LogP) is 1.88. The molecule has 8 heteroatoms. The van der Waals surface area contributed by atoms with Crippen LogP contribution < -0.4 is 9.46 Å². The number of carbonyl (C=O) groups is 1. The summed E-state index contributed by atoms with van der Waals surface area (Å²) < 4.78 is 32.0. The third-order valence-corrected chi connectivity index (χ3v) is 5.04. The van der Waals surface area contributed by atoms with Gasteiger partial charge >= 0.3 is 0 Å². The summed E-state index contributed by atoms with van der Waals surface area (Å²) in [6.45, 7) is 6.24. The minimum Gasteiger partial charge on any atom is -0.495 e. The SMILES string of the molecule is CCN(CC)C(=O)[C@H](C)NS(=O)(=O)c1ccc(OC)c(Cl)c1. The first kappa shape index (κ1) is 18.7. The molecule has 0 bridgehead atoms. The molecule has 0 aliphatic heterocycles. The number of nitrogens with one attached hydrogen (secondary N) is 1. The molecule has 1 aromatic rings. The molecule has 1 aromatic carbocycles. The average Bonchev–Trinajstić information content (AvgIpc) is 2.47. The van der Waals surface area contributed by atoms with E-state index in [0.717, 1.165) is 0 Å². The van der Waals surface area contributed by atoms with Gasteiger partial charge in [-0.15, -0.1) is 0 Å². The molecule has 22 heavy (non-hydrogen) atoms. The first-order valence-corrected chi connectivity index (χ1v) is 8.77. The van der Waals surface area contributed by atoms with E-state index < -0.39 is 16.1 Å². The van der Waals surface area contributed by atoms with E-state index in [2.05, 4.69) is 4.72 Å². The lowest BCUT2D eigenvalue weighted by Crippen LogP contribution is -2.46. The summed E-state index contributed by atoms with van der Waals surface area (Å²) in [4.78, 5) is 13.7. The molecule has 1 amide bonds. The minimum absolute atomic E-state index is 0.0162. The smallest absolute Gasteiger partial charge is 0.241 e. The van der Waals surface area contributed by atoms with Gasteiger partial charge < -0.3 is 9.64 Å². The van der Waals surface area contributed by atoms with E-state index >= 15 is 0 Å². The maximum absolute atomic E-state index is 12.3. The maximum atomic E-state index is 12.3. The highest BCUT2D eigenvalue weighted by molar-refractivity contribution is 7.89. The van der Waals surface area contributed by atoms with Crippen molar-refractivity contribution in [1.82, 2.24) is 9.62 Å². The number of sulfonamides is 1. The molecule has 0 unspecified atom stereocenters. The third-order valence-electron chi connectivity index (χ3n) is 3.21. The van der Waals surface area contributed by atoms with Crippen molar-refractivity contribution >= 4 is 27.5 Å². The van der Waals surface area contributed by atoms with Crippen molar-refractivity contribution in [3.05, 3.63) is 23.2 Å². The van der Waals surface area contributed by atoms with Gasteiger partial charge in [-0.3, -0.25) is 4.79 Å². The van der Waals surface area contributed by atoms with Crippen molar-refractivity contribution in [3.63, 3.8) is 0 Å². The fraction of sp³-hybridized carbons (Fsp3) is 0.500. The number of hydrogen-bond acceptors (Lipinski definition) is 4. The van der Waals surface area contributed by atoms with Gasteiger partial charge in [-0.2, -0.15) is 4.72 Å². The summed E-state index contributed by atoms with van der Waals surface area (Å²) >= 11 is 5.94. The van der Waals surface area contributed by atoms with Crippen LogP contribution in [0.15, 0.2) is 23.1 Å². The number of halogens is 1. The summed E-state index contributed by atoms with van der Waals surface area (Å²) in [5.41, 5.74) is 0. The summed E-state index contributed by atoms with van der Waals surface area (Å²) in [5.74, 6) is 0.112. The number of benzene rings is 1. The molecule has 0 spiro atoms. The highest BCUT2D eigenvalue weighted by atomic mass is 35.5. The fourth-order valence-corrected chi connectivity index (χ4v) is 3.52. The van der Waals surface area contributed by atoms with Crippen LogP contribution in [0, 0.1) is 0 Å². The van der Waals surface area contributed by atoms with Crippen LogP contribution >= 0.6 is 11.6 Å². The monoisotopic (exact) mass is 348 g/mol. The van der Waals surface area contributed by atoms with Gasteiger partial charge in [0, 0.05) is 13.1 Å². The molecule has 0 aliphatic carbocycles. The molecule has 0 aromatic heterocycles. The summed E-state index contributed by atoms with van der Waals surface area (Å²) in [7, 11) is -2.40. The first-order chi connectivity index (χ1) is 10.3. The van der Waals surface area contributed by atoms with Crippen LogP contribution in [0.5, 0.6) is 5.75 Å². The summed E-state index contributed by atoms with van der Waals surface area (Å²) in [6.07, 6.45) is 0. The molecule has 0 heterocycles. The van der Waals surface area contributed by atoms with Gasteiger partial charge in [0.2, 0.25) is 15.9 Å². The molecule has 0 fully saturated rings. The van der Waals surface area contributed by atoms with Crippen molar-refractivity contribution in [2.45, 2.75) is 31.7 Å². The lowest BCUT2D eigenvalue weighted by atomic mass is 10.3. The number of hydrogen-bond donors (Lipinski definition) is 1. The number of amides is 1. The number of ether oxygens (including phenoxy) is 1. The first-order valence-electron chi connectivity index (χ1n) is 6.91.